The number of piperazine rings is 1. The molecule has 2 saturated heterocycles. The van der Waals surface area contributed by atoms with Crippen molar-refractivity contribution in [2.24, 2.45) is 0 Å². The molecule has 2 bridgehead atoms. The fraction of sp³-hybridized carbons (Fsp3) is 0.421. The topological polar surface area (TPSA) is 108 Å². The Morgan fingerprint density at radius 3 is 2.63 bits per heavy atom. The van der Waals surface area contributed by atoms with E-state index < -0.39 is 0 Å². The van der Waals surface area contributed by atoms with Crippen LogP contribution in [0.15, 0.2) is 30.3 Å². The van der Waals surface area contributed by atoms with Gasteiger partial charge in [-0.2, -0.15) is 0 Å². The number of anilines is 2. The number of benzene rings is 1. The highest BCUT2D eigenvalue weighted by molar-refractivity contribution is 5.78. The van der Waals surface area contributed by atoms with Crippen molar-refractivity contribution in [3.63, 3.8) is 0 Å². The molecule has 8 nitrogen and oxygen atoms in total. The number of hydrogen-bond donors (Lipinski definition) is 3. The summed E-state index contributed by atoms with van der Waals surface area (Å²) in [6.45, 7) is 2.03. The average Bonchev–Trinajstić information content (AvgIpc) is 2.90. The second kappa shape index (κ2) is 7.03. The number of nitrogens with one attached hydrogen (secondary N) is 1. The molecule has 2 aliphatic rings. The quantitative estimate of drug-likeness (QED) is 0.734. The van der Waals surface area contributed by atoms with Crippen LogP contribution < -0.4 is 16.0 Å². The molecule has 2 atom stereocenters. The van der Waals surface area contributed by atoms with Crippen LogP contribution in [0.25, 0.3) is 11.3 Å². The van der Waals surface area contributed by atoms with Crippen LogP contribution >= 0.6 is 0 Å². The monoisotopic (exact) mass is 368 g/mol. The van der Waals surface area contributed by atoms with Crippen LogP contribution in [0.1, 0.15) is 12.8 Å². The van der Waals surface area contributed by atoms with Crippen molar-refractivity contribution in [2.75, 3.05) is 37.3 Å². The van der Waals surface area contributed by atoms with Crippen molar-refractivity contribution in [1.29, 1.82) is 0 Å². The number of rotatable bonds is 4. The standard InChI is InChI=1S/C19H24N6O2/c1-21-18(27)11-25-12-6-7-13(25)10-24(9-12)16-8-15(22-23-19(16)20)14-4-2-3-5-17(14)26/h2-5,8,12-13,26H,6-7,9-11H2,1H3,(H2,20,23)(H,21,27). The largest absolute Gasteiger partial charge is 0.507 e. The Kier molecular flexibility index (Phi) is 4.57. The van der Waals surface area contributed by atoms with E-state index >= 15 is 0 Å². The molecule has 3 heterocycles. The van der Waals surface area contributed by atoms with Crippen LogP contribution in [-0.2, 0) is 4.79 Å². The Hall–Kier alpha value is -2.87. The number of aromatic nitrogens is 2. The smallest absolute Gasteiger partial charge is 0.233 e. The van der Waals surface area contributed by atoms with Gasteiger partial charge in [-0.3, -0.25) is 9.69 Å². The summed E-state index contributed by atoms with van der Waals surface area (Å²) in [5, 5.41) is 21.1. The van der Waals surface area contributed by atoms with Crippen LogP contribution in [0.4, 0.5) is 11.5 Å². The third-order valence-electron chi connectivity index (χ3n) is 5.56. The molecule has 1 amide bonds. The zero-order valence-corrected chi connectivity index (χ0v) is 15.3. The van der Waals surface area contributed by atoms with Crippen molar-refractivity contribution in [1.82, 2.24) is 20.4 Å². The first-order valence-corrected chi connectivity index (χ1v) is 9.19. The summed E-state index contributed by atoms with van der Waals surface area (Å²) in [4.78, 5) is 16.3. The van der Waals surface area contributed by atoms with E-state index in [0.717, 1.165) is 31.6 Å². The van der Waals surface area contributed by atoms with Gasteiger partial charge in [-0.15, -0.1) is 10.2 Å². The van der Waals surface area contributed by atoms with Gasteiger partial charge in [0.15, 0.2) is 5.82 Å². The van der Waals surface area contributed by atoms with E-state index in [0.29, 0.717) is 35.7 Å². The van der Waals surface area contributed by atoms with Gasteiger partial charge < -0.3 is 21.1 Å². The first-order chi connectivity index (χ1) is 13.1. The second-order valence-corrected chi connectivity index (χ2v) is 7.15. The lowest BCUT2D eigenvalue weighted by molar-refractivity contribution is -0.122. The van der Waals surface area contributed by atoms with Gasteiger partial charge in [-0.05, 0) is 31.0 Å². The maximum atomic E-state index is 11.8. The number of amides is 1. The molecule has 0 aliphatic carbocycles. The number of likely N-dealkylation sites (N-methyl/N-ethyl adjacent to an activating group) is 1. The van der Waals surface area contributed by atoms with Crippen molar-refractivity contribution >= 4 is 17.4 Å². The number of para-hydroxylation sites is 1. The third kappa shape index (κ3) is 3.28. The second-order valence-electron chi connectivity index (χ2n) is 7.15. The number of nitrogens with two attached hydrogens (primary N) is 1. The van der Waals surface area contributed by atoms with E-state index in [9.17, 15) is 9.90 Å². The number of phenolic OH excluding ortho intramolecular Hbond substituents is 1. The van der Waals surface area contributed by atoms with Crippen LogP contribution in [0, 0.1) is 0 Å². The van der Waals surface area contributed by atoms with Crippen molar-refractivity contribution < 1.29 is 9.90 Å². The molecule has 2 aliphatic heterocycles. The minimum absolute atomic E-state index is 0.0484. The predicted octanol–water partition coefficient (Wildman–Crippen LogP) is 0.830. The Morgan fingerprint density at radius 1 is 1.26 bits per heavy atom. The van der Waals surface area contributed by atoms with Gasteiger partial charge in [-0.1, -0.05) is 12.1 Å². The van der Waals surface area contributed by atoms with E-state index in [-0.39, 0.29) is 11.7 Å². The van der Waals surface area contributed by atoms with E-state index in [1.807, 2.05) is 18.2 Å². The molecule has 4 rings (SSSR count). The maximum Gasteiger partial charge on any atom is 0.233 e. The fourth-order valence-corrected chi connectivity index (χ4v) is 4.16. The van der Waals surface area contributed by atoms with Crippen LogP contribution in [0.5, 0.6) is 5.75 Å². The molecule has 4 N–H and O–H groups in total. The number of carbonyl (C=O) groups is 1. The summed E-state index contributed by atoms with van der Waals surface area (Å²) < 4.78 is 0. The number of fused-ring (bicyclic) bond motifs is 2. The van der Waals surface area contributed by atoms with Crippen molar-refractivity contribution in [2.45, 2.75) is 24.9 Å². The lowest BCUT2D eigenvalue weighted by Gasteiger charge is -2.41. The number of carbonyl (C=O) groups excluding carboxylic acids is 1. The number of hydrogen-bond acceptors (Lipinski definition) is 7. The highest BCUT2D eigenvalue weighted by atomic mass is 16.3. The molecule has 0 saturated carbocycles. The number of nitrogen functional groups attached to an aromatic ring is 1. The number of aromatic hydroxyl groups is 1. The van der Waals surface area contributed by atoms with Crippen LogP contribution in [0.3, 0.4) is 0 Å². The van der Waals surface area contributed by atoms with Gasteiger partial charge in [0.2, 0.25) is 5.91 Å². The molecular formula is C19H24N6O2. The maximum absolute atomic E-state index is 11.8. The Bertz CT molecular complexity index is 844. The third-order valence-corrected chi connectivity index (χ3v) is 5.56. The summed E-state index contributed by atoms with van der Waals surface area (Å²) in [6, 6.07) is 9.60. The van der Waals surface area contributed by atoms with Crippen molar-refractivity contribution in [3.8, 4) is 17.0 Å². The molecule has 0 spiro atoms. The number of nitrogens with zero attached hydrogens (tertiary/aromatic N) is 4. The molecular weight excluding hydrogens is 344 g/mol. The van der Waals surface area contributed by atoms with Gasteiger partial charge >= 0.3 is 0 Å². The molecule has 2 aromatic rings. The van der Waals surface area contributed by atoms with Crippen molar-refractivity contribution in [3.05, 3.63) is 30.3 Å². The minimum Gasteiger partial charge on any atom is -0.507 e. The van der Waals surface area contributed by atoms with Crippen LogP contribution in [-0.4, -0.2) is 64.9 Å². The summed E-state index contributed by atoms with van der Waals surface area (Å²) >= 11 is 0. The fourth-order valence-electron chi connectivity index (χ4n) is 4.16. The van der Waals surface area contributed by atoms with Gasteiger partial charge in [0, 0.05) is 37.8 Å². The van der Waals surface area contributed by atoms with E-state index in [1.165, 1.54) is 0 Å². The van der Waals surface area contributed by atoms with Crippen LogP contribution in [0.2, 0.25) is 0 Å². The Labute approximate surface area is 158 Å². The zero-order chi connectivity index (χ0) is 19.0. The summed E-state index contributed by atoms with van der Waals surface area (Å²) in [5.74, 6) is 0.596. The van der Waals surface area contributed by atoms with Gasteiger partial charge in [0.05, 0.1) is 17.9 Å². The SMILES string of the molecule is CNC(=O)CN1C2CCC1CN(c1cc(-c3ccccc3O)nnc1N)C2. The lowest BCUT2D eigenvalue weighted by Crippen LogP contribution is -2.56. The molecule has 1 aromatic carbocycles. The Balaban J connectivity index is 1.59. The highest BCUT2D eigenvalue weighted by Crippen LogP contribution is 2.36. The molecule has 27 heavy (non-hydrogen) atoms. The molecule has 2 unspecified atom stereocenters. The molecule has 0 radical (unpaired) electrons. The molecule has 8 heteroatoms. The summed E-state index contributed by atoms with van der Waals surface area (Å²) in [7, 11) is 1.67. The average molecular weight is 368 g/mol. The molecule has 142 valence electrons. The molecule has 1 aromatic heterocycles. The summed E-state index contributed by atoms with van der Waals surface area (Å²) in [6.07, 6.45) is 2.14. The van der Waals surface area contributed by atoms with Gasteiger partial charge in [-0.25, -0.2) is 0 Å². The minimum atomic E-state index is 0.0484. The van der Waals surface area contributed by atoms with Gasteiger partial charge in [0.25, 0.3) is 0 Å². The highest BCUT2D eigenvalue weighted by Gasteiger charge is 2.41. The lowest BCUT2D eigenvalue weighted by atomic mass is 10.1. The number of phenols is 1. The first-order valence-electron chi connectivity index (χ1n) is 9.19. The van der Waals surface area contributed by atoms with Gasteiger partial charge in [0.1, 0.15) is 5.75 Å². The van der Waals surface area contributed by atoms with E-state index in [1.54, 1.807) is 19.2 Å². The normalized spacial score (nSPS) is 22.0. The van der Waals surface area contributed by atoms with E-state index in [4.69, 9.17) is 5.73 Å². The predicted molar refractivity (Wildman–Crippen MR) is 103 cm³/mol. The zero-order valence-electron chi connectivity index (χ0n) is 15.3. The first kappa shape index (κ1) is 17.5. The summed E-state index contributed by atoms with van der Waals surface area (Å²) in [5.41, 5.74) is 8.19. The Morgan fingerprint density at radius 2 is 1.96 bits per heavy atom. The van der Waals surface area contributed by atoms with E-state index in [2.05, 4.69) is 25.3 Å². The molecule has 2 fully saturated rings.